The van der Waals surface area contributed by atoms with Gasteiger partial charge in [-0.3, -0.25) is 9.59 Å². The number of hydrogen-bond donors (Lipinski definition) is 1. The maximum atomic E-state index is 12.3. The first-order valence-corrected chi connectivity index (χ1v) is 8.15. The Labute approximate surface area is 144 Å². The molecule has 0 aliphatic carbocycles. The van der Waals surface area contributed by atoms with E-state index in [1.165, 1.54) is 4.90 Å². The second kappa shape index (κ2) is 7.98. The molecule has 1 aromatic rings. The zero-order valence-corrected chi connectivity index (χ0v) is 15.5. The molecule has 6 heteroatoms. The first-order valence-electron chi connectivity index (χ1n) is 6.69. The minimum absolute atomic E-state index is 0.103. The summed E-state index contributed by atoms with van der Waals surface area (Å²) >= 11 is 8.13. The van der Waals surface area contributed by atoms with Gasteiger partial charge < -0.3 is 10.2 Å². The highest BCUT2D eigenvalue weighted by Crippen LogP contribution is 2.19. The van der Waals surface area contributed by atoms with Crippen LogP contribution in [0.25, 0.3) is 0 Å². The van der Waals surface area contributed by atoms with Gasteiger partial charge in [0.2, 0.25) is 5.91 Å². The predicted molar refractivity (Wildman–Crippen MR) is 93.6 cm³/mol. The number of amides is 2. The van der Waals surface area contributed by atoms with Crippen molar-refractivity contribution >= 4 is 46.0 Å². The standard InChI is InChI=1S/C15H20ClIN2O2/c1-9(2)7-13(15(21)19(3)4)18-14(20)10-5-6-12(17)11(16)8-10/h5-6,8-9,13H,7H2,1-4H3,(H,18,20). The van der Waals surface area contributed by atoms with E-state index in [2.05, 4.69) is 27.9 Å². The molecule has 0 radical (unpaired) electrons. The zero-order chi connectivity index (χ0) is 16.2. The van der Waals surface area contributed by atoms with Crippen LogP contribution in [-0.2, 0) is 4.79 Å². The minimum Gasteiger partial charge on any atom is -0.347 e. The van der Waals surface area contributed by atoms with Crippen molar-refractivity contribution in [1.82, 2.24) is 10.2 Å². The van der Waals surface area contributed by atoms with E-state index in [1.807, 2.05) is 13.8 Å². The Kier molecular flexibility index (Phi) is 6.93. The molecule has 0 saturated carbocycles. The van der Waals surface area contributed by atoms with Gasteiger partial charge in [0.1, 0.15) is 6.04 Å². The normalized spacial score (nSPS) is 12.1. The molecule has 2 amide bonds. The van der Waals surface area contributed by atoms with Gasteiger partial charge in [0.25, 0.3) is 5.91 Å². The Morgan fingerprint density at radius 1 is 1.33 bits per heavy atom. The average Bonchev–Trinajstić information content (AvgIpc) is 2.39. The van der Waals surface area contributed by atoms with E-state index in [0.717, 1.165) is 3.57 Å². The maximum Gasteiger partial charge on any atom is 0.251 e. The van der Waals surface area contributed by atoms with Crippen LogP contribution in [0, 0.1) is 9.49 Å². The van der Waals surface area contributed by atoms with E-state index in [0.29, 0.717) is 22.9 Å². The number of carbonyl (C=O) groups is 2. The Hall–Kier alpha value is -0.820. The minimum atomic E-state index is -0.523. The third-order valence-electron chi connectivity index (χ3n) is 2.93. The largest absolute Gasteiger partial charge is 0.347 e. The zero-order valence-electron chi connectivity index (χ0n) is 12.6. The molecule has 0 aliphatic rings. The van der Waals surface area contributed by atoms with Crippen molar-refractivity contribution in [2.45, 2.75) is 26.3 Å². The summed E-state index contributed by atoms with van der Waals surface area (Å²) in [6.07, 6.45) is 0.598. The van der Waals surface area contributed by atoms with Crippen LogP contribution in [-0.4, -0.2) is 36.9 Å². The van der Waals surface area contributed by atoms with Crippen LogP contribution in [0.2, 0.25) is 5.02 Å². The lowest BCUT2D eigenvalue weighted by atomic mass is 10.0. The van der Waals surface area contributed by atoms with E-state index in [1.54, 1.807) is 32.3 Å². The van der Waals surface area contributed by atoms with Gasteiger partial charge in [-0.15, -0.1) is 0 Å². The second-order valence-corrected chi connectivity index (χ2v) is 7.09. The van der Waals surface area contributed by atoms with Crippen molar-refractivity contribution in [1.29, 1.82) is 0 Å². The van der Waals surface area contributed by atoms with Crippen molar-refractivity contribution in [3.63, 3.8) is 0 Å². The highest BCUT2D eigenvalue weighted by Gasteiger charge is 2.24. The van der Waals surface area contributed by atoms with Crippen molar-refractivity contribution in [3.8, 4) is 0 Å². The summed E-state index contributed by atoms with van der Waals surface area (Å²) in [5, 5.41) is 3.33. The van der Waals surface area contributed by atoms with Gasteiger partial charge in [-0.25, -0.2) is 0 Å². The second-order valence-electron chi connectivity index (χ2n) is 5.52. The summed E-state index contributed by atoms with van der Waals surface area (Å²) in [6, 6.07) is 4.58. The maximum absolute atomic E-state index is 12.3. The fourth-order valence-electron chi connectivity index (χ4n) is 1.88. The molecule has 0 bridgehead atoms. The number of hydrogen-bond acceptors (Lipinski definition) is 2. The molecule has 4 nitrogen and oxygen atoms in total. The molecule has 1 aromatic carbocycles. The Morgan fingerprint density at radius 3 is 2.43 bits per heavy atom. The molecule has 0 spiro atoms. The molecule has 1 unspecified atom stereocenters. The van der Waals surface area contributed by atoms with E-state index >= 15 is 0 Å². The molecule has 0 fully saturated rings. The summed E-state index contributed by atoms with van der Waals surface area (Å²) < 4.78 is 0.883. The lowest BCUT2D eigenvalue weighted by Gasteiger charge is -2.23. The molecule has 21 heavy (non-hydrogen) atoms. The van der Waals surface area contributed by atoms with Crippen LogP contribution >= 0.6 is 34.2 Å². The summed E-state index contributed by atoms with van der Waals surface area (Å²) in [4.78, 5) is 25.9. The van der Waals surface area contributed by atoms with Gasteiger partial charge in [0, 0.05) is 23.2 Å². The number of likely N-dealkylation sites (N-methyl/N-ethyl adjacent to an activating group) is 1. The first kappa shape index (κ1) is 18.2. The van der Waals surface area contributed by atoms with Gasteiger partial charge in [0.15, 0.2) is 0 Å². The lowest BCUT2D eigenvalue weighted by molar-refractivity contribution is -0.131. The SMILES string of the molecule is CC(C)CC(NC(=O)c1ccc(I)c(Cl)c1)C(=O)N(C)C. The molecule has 1 rings (SSSR count). The molecule has 0 heterocycles. The van der Waals surface area contributed by atoms with Gasteiger partial charge in [-0.1, -0.05) is 25.4 Å². The summed E-state index contributed by atoms with van der Waals surface area (Å²) in [5.74, 6) is -0.0812. The van der Waals surface area contributed by atoms with Crippen LogP contribution in [0.1, 0.15) is 30.6 Å². The molecule has 1 atom stereocenters. The van der Waals surface area contributed by atoms with Gasteiger partial charge >= 0.3 is 0 Å². The summed E-state index contributed by atoms with van der Waals surface area (Å²) in [6.45, 7) is 4.04. The smallest absolute Gasteiger partial charge is 0.251 e. The molecule has 1 N–H and O–H groups in total. The van der Waals surface area contributed by atoms with E-state index in [4.69, 9.17) is 11.6 Å². The van der Waals surface area contributed by atoms with Crippen LogP contribution in [0.5, 0.6) is 0 Å². The van der Waals surface area contributed by atoms with E-state index < -0.39 is 6.04 Å². The van der Waals surface area contributed by atoms with Crippen LogP contribution in [0.15, 0.2) is 18.2 Å². The number of rotatable bonds is 5. The summed E-state index contributed by atoms with van der Waals surface area (Å²) in [5.41, 5.74) is 0.459. The molecule has 116 valence electrons. The first-order chi connectivity index (χ1) is 9.72. The Bertz CT molecular complexity index is 532. The monoisotopic (exact) mass is 422 g/mol. The fraction of sp³-hybridized carbons (Fsp3) is 0.467. The molecular formula is C15H20ClIN2O2. The number of benzene rings is 1. The summed E-state index contributed by atoms with van der Waals surface area (Å²) in [7, 11) is 3.37. The van der Waals surface area contributed by atoms with Gasteiger partial charge in [-0.2, -0.15) is 0 Å². The predicted octanol–water partition coefficient (Wildman–Crippen LogP) is 3.18. The van der Waals surface area contributed by atoms with Gasteiger partial charge in [0.05, 0.1) is 5.02 Å². The number of nitrogens with one attached hydrogen (secondary N) is 1. The quantitative estimate of drug-likeness (QED) is 0.741. The van der Waals surface area contributed by atoms with Crippen molar-refractivity contribution < 1.29 is 9.59 Å². The van der Waals surface area contributed by atoms with Crippen molar-refractivity contribution in [2.24, 2.45) is 5.92 Å². The highest BCUT2D eigenvalue weighted by atomic mass is 127. The van der Waals surface area contributed by atoms with Crippen molar-refractivity contribution in [2.75, 3.05) is 14.1 Å². The Morgan fingerprint density at radius 2 is 1.95 bits per heavy atom. The molecule has 0 saturated heterocycles. The molecule has 0 aromatic heterocycles. The van der Waals surface area contributed by atoms with Gasteiger partial charge in [-0.05, 0) is 53.1 Å². The van der Waals surface area contributed by atoms with E-state index in [9.17, 15) is 9.59 Å². The van der Waals surface area contributed by atoms with Crippen molar-refractivity contribution in [3.05, 3.63) is 32.4 Å². The van der Waals surface area contributed by atoms with Crippen LogP contribution in [0.3, 0.4) is 0 Å². The molecule has 0 aliphatic heterocycles. The lowest BCUT2D eigenvalue weighted by Crippen LogP contribution is -2.46. The average molecular weight is 423 g/mol. The highest BCUT2D eigenvalue weighted by molar-refractivity contribution is 14.1. The third-order valence-corrected chi connectivity index (χ3v) is 4.51. The topological polar surface area (TPSA) is 49.4 Å². The van der Waals surface area contributed by atoms with Crippen LogP contribution < -0.4 is 5.32 Å². The van der Waals surface area contributed by atoms with E-state index in [-0.39, 0.29) is 11.8 Å². The third kappa shape index (κ3) is 5.47. The van der Waals surface area contributed by atoms with Crippen LogP contribution in [0.4, 0.5) is 0 Å². The number of halogens is 2. The fourth-order valence-corrected chi connectivity index (χ4v) is 2.40. The number of nitrogens with zero attached hydrogens (tertiary/aromatic N) is 1. The number of carbonyl (C=O) groups excluding carboxylic acids is 2. The Balaban J connectivity index is 2.89. The molecular weight excluding hydrogens is 403 g/mol.